The lowest BCUT2D eigenvalue weighted by Gasteiger charge is -2.31. The summed E-state index contributed by atoms with van der Waals surface area (Å²) in [6.45, 7) is 1.77. The first-order chi connectivity index (χ1) is 9.18. The second-order valence-corrected chi connectivity index (χ2v) is 6.99. The Bertz CT molecular complexity index is 587. The van der Waals surface area contributed by atoms with Crippen LogP contribution in [-0.4, -0.2) is 45.6 Å². The van der Waals surface area contributed by atoms with Crippen LogP contribution < -0.4 is 4.31 Å². The van der Waals surface area contributed by atoms with Crippen LogP contribution in [0.25, 0.3) is 0 Å². The standard InChI is InChI=1S/C13H19ClN2O3S/c1-5-12(13(17)15(2)3)16(20(4,18)19)11-8-6-7-10(14)9-11/h6-9,12H,5H2,1-4H3/t12-/m0/s1. The summed E-state index contributed by atoms with van der Waals surface area (Å²) < 4.78 is 25.3. The average Bonchev–Trinajstić information content (AvgIpc) is 2.33. The smallest absolute Gasteiger partial charge is 0.245 e. The van der Waals surface area contributed by atoms with Crippen molar-refractivity contribution in [3.8, 4) is 0 Å². The minimum Gasteiger partial charge on any atom is -0.347 e. The van der Waals surface area contributed by atoms with Crippen molar-refractivity contribution in [3.05, 3.63) is 29.3 Å². The van der Waals surface area contributed by atoms with Crippen LogP contribution in [0.2, 0.25) is 5.02 Å². The first-order valence-electron chi connectivity index (χ1n) is 6.14. The van der Waals surface area contributed by atoms with Gasteiger partial charge in [-0.3, -0.25) is 9.10 Å². The van der Waals surface area contributed by atoms with Gasteiger partial charge in [-0.2, -0.15) is 0 Å². The van der Waals surface area contributed by atoms with Gasteiger partial charge in [0.25, 0.3) is 0 Å². The van der Waals surface area contributed by atoms with Gasteiger partial charge in [0.05, 0.1) is 11.9 Å². The highest BCUT2D eigenvalue weighted by molar-refractivity contribution is 7.92. The number of hydrogen-bond acceptors (Lipinski definition) is 3. The molecule has 7 heteroatoms. The van der Waals surface area contributed by atoms with E-state index in [1.54, 1.807) is 39.2 Å². The summed E-state index contributed by atoms with van der Waals surface area (Å²) in [7, 11) is -0.396. The molecular formula is C13H19ClN2O3S. The maximum Gasteiger partial charge on any atom is 0.245 e. The topological polar surface area (TPSA) is 57.7 Å². The molecule has 112 valence electrons. The summed E-state index contributed by atoms with van der Waals surface area (Å²) in [6.07, 6.45) is 1.45. The van der Waals surface area contributed by atoms with Crippen molar-refractivity contribution in [2.75, 3.05) is 24.7 Å². The first kappa shape index (κ1) is 16.8. The molecular weight excluding hydrogens is 300 g/mol. The van der Waals surface area contributed by atoms with Crippen LogP contribution >= 0.6 is 11.6 Å². The molecule has 0 bridgehead atoms. The number of anilines is 1. The van der Waals surface area contributed by atoms with Gasteiger partial charge >= 0.3 is 0 Å². The maximum absolute atomic E-state index is 12.2. The number of rotatable bonds is 5. The molecule has 1 rings (SSSR count). The summed E-state index contributed by atoms with van der Waals surface area (Å²) in [5.74, 6) is -0.266. The molecule has 0 saturated carbocycles. The van der Waals surface area contributed by atoms with Gasteiger partial charge in [0.2, 0.25) is 15.9 Å². The normalized spacial score (nSPS) is 12.8. The van der Waals surface area contributed by atoms with Crippen LogP contribution in [-0.2, 0) is 14.8 Å². The van der Waals surface area contributed by atoms with E-state index in [9.17, 15) is 13.2 Å². The Kier molecular flexibility index (Phi) is 5.42. The van der Waals surface area contributed by atoms with Gasteiger partial charge in [0.1, 0.15) is 6.04 Å². The number of nitrogens with zero attached hydrogens (tertiary/aromatic N) is 2. The molecule has 5 nitrogen and oxygen atoms in total. The van der Waals surface area contributed by atoms with E-state index < -0.39 is 16.1 Å². The summed E-state index contributed by atoms with van der Waals surface area (Å²) >= 11 is 5.91. The molecule has 1 atom stereocenters. The Balaban J connectivity index is 3.36. The van der Waals surface area contributed by atoms with Crippen molar-refractivity contribution in [1.82, 2.24) is 4.90 Å². The Hall–Kier alpha value is -1.27. The summed E-state index contributed by atoms with van der Waals surface area (Å²) in [6, 6.07) is 5.69. The van der Waals surface area contributed by atoms with Crippen LogP contribution in [0.5, 0.6) is 0 Å². The van der Waals surface area contributed by atoms with Gasteiger partial charge in [-0.05, 0) is 24.6 Å². The van der Waals surface area contributed by atoms with Gasteiger partial charge in [-0.15, -0.1) is 0 Å². The van der Waals surface area contributed by atoms with E-state index in [1.165, 1.54) is 11.0 Å². The quantitative estimate of drug-likeness (QED) is 0.834. The monoisotopic (exact) mass is 318 g/mol. The van der Waals surface area contributed by atoms with E-state index in [1.807, 2.05) is 0 Å². The molecule has 0 aliphatic rings. The minimum absolute atomic E-state index is 0.266. The molecule has 0 heterocycles. The maximum atomic E-state index is 12.2. The van der Waals surface area contributed by atoms with Crippen LogP contribution in [0.3, 0.4) is 0 Å². The molecule has 0 spiro atoms. The molecule has 0 saturated heterocycles. The third kappa shape index (κ3) is 3.86. The number of halogens is 1. The molecule has 0 aromatic heterocycles. The highest BCUT2D eigenvalue weighted by Gasteiger charge is 2.32. The Morgan fingerprint density at radius 3 is 2.35 bits per heavy atom. The van der Waals surface area contributed by atoms with Crippen LogP contribution in [0.4, 0.5) is 5.69 Å². The number of carbonyl (C=O) groups is 1. The fourth-order valence-electron chi connectivity index (χ4n) is 1.95. The van der Waals surface area contributed by atoms with Crippen LogP contribution in [0.1, 0.15) is 13.3 Å². The minimum atomic E-state index is -3.60. The molecule has 0 N–H and O–H groups in total. The number of amides is 1. The largest absolute Gasteiger partial charge is 0.347 e. The molecule has 0 aliphatic heterocycles. The zero-order chi connectivity index (χ0) is 15.5. The Morgan fingerprint density at radius 1 is 1.35 bits per heavy atom. The second-order valence-electron chi connectivity index (χ2n) is 4.70. The van der Waals surface area contributed by atoms with E-state index in [2.05, 4.69) is 0 Å². The third-order valence-electron chi connectivity index (χ3n) is 2.82. The first-order valence-corrected chi connectivity index (χ1v) is 8.37. The average molecular weight is 319 g/mol. The fourth-order valence-corrected chi connectivity index (χ4v) is 3.34. The number of likely N-dealkylation sites (N-methyl/N-ethyl adjacent to an activating group) is 1. The van der Waals surface area contributed by atoms with Gasteiger partial charge < -0.3 is 4.90 Å². The van der Waals surface area contributed by atoms with Crippen LogP contribution in [0, 0.1) is 0 Å². The molecule has 1 aromatic rings. The number of sulfonamides is 1. The van der Waals surface area contributed by atoms with Crippen molar-refractivity contribution in [2.24, 2.45) is 0 Å². The van der Waals surface area contributed by atoms with Crippen molar-refractivity contribution in [1.29, 1.82) is 0 Å². The molecule has 0 unspecified atom stereocenters. The lowest BCUT2D eigenvalue weighted by atomic mass is 10.2. The third-order valence-corrected chi connectivity index (χ3v) is 4.23. The second kappa shape index (κ2) is 6.45. The Labute approximate surface area is 125 Å². The van der Waals surface area contributed by atoms with E-state index in [0.29, 0.717) is 17.1 Å². The van der Waals surface area contributed by atoms with Gasteiger partial charge in [0, 0.05) is 19.1 Å². The van der Waals surface area contributed by atoms with Gasteiger partial charge in [0.15, 0.2) is 0 Å². The number of hydrogen-bond donors (Lipinski definition) is 0. The lowest BCUT2D eigenvalue weighted by molar-refractivity contribution is -0.129. The fraction of sp³-hybridized carbons (Fsp3) is 0.462. The highest BCUT2D eigenvalue weighted by atomic mass is 35.5. The SMILES string of the molecule is CC[C@@H](C(=O)N(C)C)N(c1cccc(Cl)c1)S(C)(=O)=O. The van der Waals surface area contributed by atoms with Gasteiger partial charge in [-0.25, -0.2) is 8.42 Å². The zero-order valence-corrected chi connectivity index (χ0v) is 13.6. The molecule has 1 amide bonds. The van der Waals surface area contributed by atoms with E-state index >= 15 is 0 Å². The molecule has 0 aliphatic carbocycles. The van der Waals surface area contributed by atoms with Gasteiger partial charge in [-0.1, -0.05) is 24.6 Å². The van der Waals surface area contributed by atoms with Crippen LogP contribution in [0.15, 0.2) is 24.3 Å². The lowest BCUT2D eigenvalue weighted by Crippen LogP contribution is -2.48. The molecule has 0 fully saturated rings. The van der Waals surface area contributed by atoms with Crippen molar-refractivity contribution in [3.63, 3.8) is 0 Å². The highest BCUT2D eigenvalue weighted by Crippen LogP contribution is 2.25. The van der Waals surface area contributed by atoms with E-state index in [4.69, 9.17) is 11.6 Å². The zero-order valence-electron chi connectivity index (χ0n) is 12.0. The molecule has 0 radical (unpaired) electrons. The molecule has 20 heavy (non-hydrogen) atoms. The predicted molar refractivity (Wildman–Crippen MR) is 81.5 cm³/mol. The van der Waals surface area contributed by atoms with E-state index in [-0.39, 0.29) is 5.91 Å². The number of carbonyl (C=O) groups excluding carboxylic acids is 1. The summed E-state index contributed by atoms with van der Waals surface area (Å²) in [5, 5.41) is 0.420. The summed E-state index contributed by atoms with van der Waals surface area (Å²) in [4.78, 5) is 13.6. The Morgan fingerprint density at radius 2 is 1.95 bits per heavy atom. The molecule has 1 aromatic carbocycles. The predicted octanol–water partition coefficient (Wildman–Crippen LogP) is 1.97. The van der Waals surface area contributed by atoms with Crippen molar-refractivity contribution >= 4 is 33.2 Å². The summed E-state index contributed by atoms with van der Waals surface area (Å²) in [5.41, 5.74) is 0.391. The number of benzene rings is 1. The van der Waals surface area contributed by atoms with Crippen molar-refractivity contribution in [2.45, 2.75) is 19.4 Å². The van der Waals surface area contributed by atoms with E-state index in [0.717, 1.165) is 10.6 Å². The van der Waals surface area contributed by atoms with Crippen molar-refractivity contribution < 1.29 is 13.2 Å².